The van der Waals surface area contributed by atoms with Crippen molar-refractivity contribution in [2.45, 2.75) is 60.0 Å². The summed E-state index contributed by atoms with van der Waals surface area (Å²) in [6.45, 7) is 7.18. The molecule has 0 aromatic carbocycles. The summed E-state index contributed by atoms with van der Waals surface area (Å²) in [4.78, 5) is 2.51. The van der Waals surface area contributed by atoms with Crippen LogP contribution in [-0.4, -0.2) is 30.8 Å². The quantitative estimate of drug-likeness (QED) is 0.790. The van der Waals surface area contributed by atoms with Crippen LogP contribution in [0.4, 0.5) is 0 Å². The SMILES string of the molecule is CC[Te+](C)C[C@]12CC[C@H](C[C@H]1O)C2(C)C. The topological polar surface area (TPSA) is 20.2 Å². The fourth-order valence-electron chi connectivity index (χ4n) is 3.92. The van der Waals surface area contributed by atoms with Crippen LogP contribution in [0.2, 0.25) is 13.9 Å². The van der Waals surface area contributed by atoms with Crippen LogP contribution in [0, 0.1) is 16.7 Å². The molecule has 2 heteroatoms. The van der Waals surface area contributed by atoms with Crippen molar-refractivity contribution in [3.63, 3.8) is 0 Å². The van der Waals surface area contributed by atoms with Gasteiger partial charge in [0.05, 0.1) is 0 Å². The van der Waals surface area contributed by atoms with Crippen LogP contribution in [0.3, 0.4) is 0 Å². The number of aliphatic hydroxyl groups is 1. The molecule has 2 saturated carbocycles. The molecule has 0 heterocycles. The van der Waals surface area contributed by atoms with E-state index >= 15 is 0 Å². The maximum absolute atomic E-state index is 10.4. The Hall–Kier alpha value is 0.750. The summed E-state index contributed by atoms with van der Waals surface area (Å²) in [5.74, 6) is 0.802. The summed E-state index contributed by atoms with van der Waals surface area (Å²) in [6.07, 6.45) is 3.78. The molecular formula is C13H25OTe+. The molecule has 0 spiro atoms. The van der Waals surface area contributed by atoms with Gasteiger partial charge in [0.1, 0.15) is 0 Å². The van der Waals surface area contributed by atoms with E-state index in [2.05, 4.69) is 25.7 Å². The normalized spacial score (nSPS) is 42.8. The molecular weight excluding hydrogens is 300 g/mol. The van der Waals surface area contributed by atoms with Gasteiger partial charge in [0, 0.05) is 0 Å². The van der Waals surface area contributed by atoms with Crippen molar-refractivity contribution in [1.29, 1.82) is 0 Å². The van der Waals surface area contributed by atoms with Crippen LogP contribution < -0.4 is 0 Å². The van der Waals surface area contributed by atoms with Gasteiger partial charge in [-0.05, 0) is 0 Å². The third-order valence-electron chi connectivity index (χ3n) is 5.39. The Bertz CT molecular complexity index is 251. The Balaban J connectivity index is 2.23. The third-order valence-corrected chi connectivity index (χ3v) is 11.1. The molecule has 2 aliphatic carbocycles. The number of hydrogen-bond donors (Lipinski definition) is 1. The van der Waals surface area contributed by atoms with Gasteiger partial charge in [-0.25, -0.2) is 0 Å². The molecule has 2 rings (SSSR count). The zero-order valence-electron chi connectivity index (χ0n) is 10.5. The summed E-state index contributed by atoms with van der Waals surface area (Å²) >= 11 is -0.872. The van der Waals surface area contributed by atoms with Crippen LogP contribution in [-0.2, 0) is 0 Å². The summed E-state index contributed by atoms with van der Waals surface area (Å²) in [7, 11) is 0. The summed E-state index contributed by atoms with van der Waals surface area (Å²) in [6, 6.07) is 0. The molecule has 0 aliphatic heterocycles. The molecule has 1 N–H and O–H groups in total. The van der Waals surface area contributed by atoms with Crippen molar-refractivity contribution in [2.24, 2.45) is 16.7 Å². The first kappa shape index (κ1) is 12.2. The van der Waals surface area contributed by atoms with Crippen LogP contribution >= 0.6 is 0 Å². The van der Waals surface area contributed by atoms with Crippen LogP contribution in [0.1, 0.15) is 40.0 Å². The maximum atomic E-state index is 10.4. The molecule has 2 aliphatic rings. The standard InChI is InChI=1S/C13H25OTe/c1-5-15(4)9-13-7-6-10(8-11(13)14)12(13,2)3/h10-11,14H,5-9H2,1-4H3/q+1/t10-,11-,13-/m1/s1. The molecule has 0 radical (unpaired) electrons. The van der Waals surface area contributed by atoms with Gasteiger partial charge in [-0.15, -0.1) is 0 Å². The van der Waals surface area contributed by atoms with E-state index in [-0.39, 0.29) is 6.10 Å². The number of fused-ring (bicyclic) bond motifs is 2. The minimum atomic E-state index is -0.872. The first-order chi connectivity index (χ1) is 6.94. The number of hydrogen-bond acceptors (Lipinski definition) is 1. The Morgan fingerprint density at radius 1 is 1.40 bits per heavy atom. The fourth-order valence-corrected chi connectivity index (χ4v) is 9.04. The number of aliphatic hydroxyl groups excluding tert-OH is 1. The molecule has 0 amide bonds. The molecule has 88 valence electrons. The summed E-state index contributed by atoms with van der Waals surface area (Å²) in [5, 5.41) is 10.4. The van der Waals surface area contributed by atoms with Crippen molar-refractivity contribution >= 4 is 19.6 Å². The van der Waals surface area contributed by atoms with Crippen molar-refractivity contribution in [2.75, 3.05) is 0 Å². The monoisotopic (exact) mass is 327 g/mol. The van der Waals surface area contributed by atoms with Crippen molar-refractivity contribution in [3.05, 3.63) is 0 Å². The third kappa shape index (κ3) is 1.60. The van der Waals surface area contributed by atoms with Gasteiger partial charge < -0.3 is 0 Å². The molecule has 15 heavy (non-hydrogen) atoms. The van der Waals surface area contributed by atoms with Crippen molar-refractivity contribution < 1.29 is 5.11 Å². The first-order valence-electron chi connectivity index (χ1n) is 6.21. The Labute approximate surface area is 101 Å². The van der Waals surface area contributed by atoms with Gasteiger partial charge in [-0.1, -0.05) is 0 Å². The van der Waals surface area contributed by atoms with E-state index in [1.807, 2.05) is 0 Å². The molecule has 0 aromatic heterocycles. The Kier molecular flexibility index (Phi) is 3.17. The van der Waals surface area contributed by atoms with E-state index < -0.39 is 19.6 Å². The van der Waals surface area contributed by atoms with Gasteiger partial charge in [0.2, 0.25) is 0 Å². The van der Waals surface area contributed by atoms with Crippen LogP contribution in [0.15, 0.2) is 0 Å². The van der Waals surface area contributed by atoms with E-state index in [0.29, 0.717) is 10.8 Å². The summed E-state index contributed by atoms with van der Waals surface area (Å²) < 4.78 is 2.82. The minimum absolute atomic E-state index is 0.0150. The Morgan fingerprint density at radius 2 is 2.07 bits per heavy atom. The second-order valence-electron chi connectivity index (χ2n) is 6.08. The zero-order chi connectivity index (χ0) is 11.3. The zero-order valence-corrected chi connectivity index (χ0v) is 12.9. The van der Waals surface area contributed by atoms with E-state index in [1.165, 1.54) is 21.8 Å². The van der Waals surface area contributed by atoms with E-state index in [0.717, 1.165) is 12.3 Å². The first-order valence-corrected chi connectivity index (χ1v) is 11.8. The van der Waals surface area contributed by atoms with Gasteiger partial charge in [-0.2, -0.15) is 0 Å². The fraction of sp³-hybridized carbons (Fsp3) is 1.00. The van der Waals surface area contributed by atoms with E-state index in [1.54, 1.807) is 0 Å². The van der Waals surface area contributed by atoms with Gasteiger partial charge in [0.25, 0.3) is 0 Å². The predicted octanol–water partition coefficient (Wildman–Crippen LogP) is 3.32. The molecule has 0 aromatic rings. The van der Waals surface area contributed by atoms with Gasteiger partial charge >= 0.3 is 101 Å². The average Bonchev–Trinajstić information content (AvgIpc) is 2.51. The predicted molar refractivity (Wildman–Crippen MR) is 66.5 cm³/mol. The van der Waals surface area contributed by atoms with Gasteiger partial charge in [0.15, 0.2) is 0 Å². The molecule has 2 fully saturated rings. The second kappa shape index (κ2) is 3.90. The van der Waals surface area contributed by atoms with Gasteiger partial charge in [-0.3, -0.25) is 0 Å². The van der Waals surface area contributed by atoms with Crippen LogP contribution in [0.25, 0.3) is 0 Å². The molecule has 0 saturated heterocycles. The van der Waals surface area contributed by atoms with Crippen LogP contribution in [0.5, 0.6) is 0 Å². The molecule has 3 atom stereocenters. The Morgan fingerprint density at radius 3 is 2.47 bits per heavy atom. The number of rotatable bonds is 3. The second-order valence-corrected chi connectivity index (χ2v) is 13.0. The average molecular weight is 325 g/mol. The van der Waals surface area contributed by atoms with Crippen molar-refractivity contribution in [3.8, 4) is 0 Å². The van der Waals surface area contributed by atoms with E-state index in [9.17, 15) is 5.11 Å². The molecule has 0 unspecified atom stereocenters. The van der Waals surface area contributed by atoms with Crippen molar-refractivity contribution in [1.82, 2.24) is 0 Å². The molecule has 1 nitrogen and oxygen atoms in total. The molecule has 2 bridgehead atoms. The summed E-state index contributed by atoms with van der Waals surface area (Å²) in [5.41, 5.74) is 0.732. The van der Waals surface area contributed by atoms with E-state index in [4.69, 9.17) is 0 Å².